The highest BCUT2D eigenvalue weighted by molar-refractivity contribution is 7.20. The molecule has 0 radical (unpaired) electrons. The molecule has 0 aliphatic carbocycles. The van der Waals surface area contributed by atoms with Crippen LogP contribution < -0.4 is 5.56 Å². The molecule has 8 nitrogen and oxygen atoms in total. The maximum atomic E-state index is 13.0. The number of hydrogen-bond acceptors (Lipinski definition) is 6. The molecule has 2 aromatic rings. The summed E-state index contributed by atoms with van der Waals surface area (Å²) < 4.78 is 6.60. The molecule has 2 aromatic heterocycles. The third-order valence-corrected chi connectivity index (χ3v) is 5.86. The van der Waals surface area contributed by atoms with Gasteiger partial charge in [-0.05, 0) is 25.8 Å². The minimum absolute atomic E-state index is 0.0956. The SMILES string of the molecule is CCCn1cnc2sc(C(=O)N3CCN(C(=O)OCC)CC3)c(C)c2c1=O. The van der Waals surface area contributed by atoms with Gasteiger partial charge in [0, 0.05) is 32.7 Å². The summed E-state index contributed by atoms with van der Waals surface area (Å²) in [6, 6.07) is 0. The number of nitrogens with zero attached hydrogens (tertiary/aromatic N) is 4. The van der Waals surface area contributed by atoms with Crippen LogP contribution in [0.5, 0.6) is 0 Å². The zero-order chi connectivity index (χ0) is 19.6. The van der Waals surface area contributed by atoms with Gasteiger partial charge in [0.2, 0.25) is 0 Å². The van der Waals surface area contributed by atoms with Crippen LogP contribution in [0.2, 0.25) is 0 Å². The first kappa shape index (κ1) is 19.3. The van der Waals surface area contributed by atoms with Crippen LogP contribution in [0.1, 0.15) is 35.5 Å². The van der Waals surface area contributed by atoms with Gasteiger partial charge in [-0.15, -0.1) is 11.3 Å². The van der Waals surface area contributed by atoms with Crippen LogP contribution >= 0.6 is 11.3 Å². The summed E-state index contributed by atoms with van der Waals surface area (Å²) in [4.78, 5) is 46.3. The maximum Gasteiger partial charge on any atom is 0.409 e. The normalized spacial score (nSPS) is 14.6. The topological polar surface area (TPSA) is 84.7 Å². The second kappa shape index (κ2) is 8.08. The van der Waals surface area contributed by atoms with Crippen molar-refractivity contribution < 1.29 is 14.3 Å². The smallest absolute Gasteiger partial charge is 0.409 e. The van der Waals surface area contributed by atoms with E-state index in [1.807, 2.05) is 6.92 Å². The molecular weight excluding hydrogens is 368 g/mol. The maximum absolute atomic E-state index is 13.0. The van der Waals surface area contributed by atoms with Gasteiger partial charge in [-0.3, -0.25) is 14.2 Å². The minimum Gasteiger partial charge on any atom is -0.450 e. The number of piperazine rings is 1. The number of rotatable bonds is 4. The summed E-state index contributed by atoms with van der Waals surface area (Å²) in [5, 5.41) is 0.532. The molecule has 0 saturated carbocycles. The van der Waals surface area contributed by atoms with Crippen molar-refractivity contribution in [1.29, 1.82) is 0 Å². The van der Waals surface area contributed by atoms with E-state index in [2.05, 4.69) is 4.98 Å². The second-order valence-electron chi connectivity index (χ2n) is 6.46. The predicted molar refractivity (Wildman–Crippen MR) is 103 cm³/mol. The van der Waals surface area contributed by atoms with Crippen molar-refractivity contribution in [3.8, 4) is 0 Å². The van der Waals surface area contributed by atoms with Crippen LogP contribution in [-0.2, 0) is 11.3 Å². The van der Waals surface area contributed by atoms with Gasteiger partial charge < -0.3 is 14.5 Å². The number of aryl methyl sites for hydroxylation is 2. The van der Waals surface area contributed by atoms with Crippen LogP contribution in [0.25, 0.3) is 10.2 Å². The first-order valence-electron chi connectivity index (χ1n) is 9.17. The standard InChI is InChI=1S/C18H24N4O4S/c1-4-6-22-11-19-15-13(16(22)23)12(3)14(27-15)17(24)20-7-9-21(10-8-20)18(25)26-5-2/h11H,4-10H2,1-3H3. The highest BCUT2D eigenvalue weighted by Crippen LogP contribution is 2.28. The van der Waals surface area contributed by atoms with Crippen LogP contribution in [0.3, 0.4) is 0 Å². The molecule has 0 spiro atoms. The van der Waals surface area contributed by atoms with Crippen molar-refractivity contribution in [3.63, 3.8) is 0 Å². The molecule has 27 heavy (non-hydrogen) atoms. The third-order valence-electron chi connectivity index (χ3n) is 4.67. The second-order valence-corrected chi connectivity index (χ2v) is 7.46. The van der Waals surface area contributed by atoms with Crippen molar-refractivity contribution >= 4 is 33.6 Å². The molecule has 0 bridgehead atoms. The van der Waals surface area contributed by atoms with E-state index in [4.69, 9.17) is 4.74 Å². The largest absolute Gasteiger partial charge is 0.450 e. The molecule has 0 N–H and O–H groups in total. The fourth-order valence-corrected chi connectivity index (χ4v) is 4.32. The van der Waals surface area contributed by atoms with Crippen LogP contribution in [0.15, 0.2) is 11.1 Å². The Morgan fingerprint density at radius 2 is 1.85 bits per heavy atom. The number of carbonyl (C=O) groups is 2. The average Bonchev–Trinajstić information content (AvgIpc) is 3.01. The molecule has 1 aliphatic rings. The van der Waals surface area contributed by atoms with Crippen molar-refractivity contribution in [1.82, 2.24) is 19.4 Å². The number of ether oxygens (including phenoxy) is 1. The van der Waals surface area contributed by atoms with E-state index >= 15 is 0 Å². The molecule has 3 rings (SSSR count). The fraction of sp³-hybridized carbons (Fsp3) is 0.556. The quantitative estimate of drug-likeness (QED) is 0.795. The Balaban J connectivity index is 1.81. The molecule has 1 saturated heterocycles. The molecule has 9 heteroatoms. The Bertz CT molecular complexity index is 912. The average molecular weight is 392 g/mol. The van der Waals surface area contributed by atoms with Gasteiger partial charge in [-0.2, -0.15) is 0 Å². The van der Waals surface area contributed by atoms with Crippen LogP contribution in [0, 0.1) is 6.92 Å². The fourth-order valence-electron chi connectivity index (χ4n) is 3.21. The molecule has 146 valence electrons. The molecule has 0 unspecified atom stereocenters. The zero-order valence-electron chi connectivity index (χ0n) is 15.9. The minimum atomic E-state index is -0.344. The number of aromatic nitrogens is 2. The summed E-state index contributed by atoms with van der Waals surface area (Å²) in [7, 11) is 0. The van der Waals surface area contributed by atoms with E-state index in [9.17, 15) is 14.4 Å². The Labute approximate surface area is 161 Å². The number of amides is 2. The zero-order valence-corrected chi connectivity index (χ0v) is 16.7. The molecule has 1 aliphatic heterocycles. The highest BCUT2D eigenvalue weighted by atomic mass is 32.1. The van der Waals surface area contributed by atoms with Crippen molar-refractivity contribution in [2.24, 2.45) is 0 Å². The van der Waals surface area contributed by atoms with Gasteiger partial charge in [0.25, 0.3) is 11.5 Å². The van der Waals surface area contributed by atoms with Gasteiger partial charge in [0.15, 0.2) is 0 Å². The Morgan fingerprint density at radius 1 is 1.19 bits per heavy atom. The molecule has 2 amide bonds. The lowest BCUT2D eigenvalue weighted by Crippen LogP contribution is -2.50. The first-order valence-corrected chi connectivity index (χ1v) is 9.99. The molecule has 0 aromatic carbocycles. The third kappa shape index (κ3) is 3.69. The number of carbonyl (C=O) groups excluding carboxylic acids is 2. The lowest BCUT2D eigenvalue weighted by atomic mass is 10.2. The van der Waals surface area contributed by atoms with Crippen LogP contribution in [-0.4, -0.2) is 64.1 Å². The molecular formula is C18H24N4O4S. The van der Waals surface area contributed by atoms with E-state index in [-0.39, 0.29) is 17.6 Å². The summed E-state index contributed by atoms with van der Waals surface area (Å²) >= 11 is 1.26. The lowest BCUT2D eigenvalue weighted by molar-refractivity contribution is 0.0574. The Hall–Kier alpha value is -2.42. The van der Waals surface area contributed by atoms with Gasteiger partial charge in [0.1, 0.15) is 4.83 Å². The number of fused-ring (bicyclic) bond motifs is 1. The van der Waals surface area contributed by atoms with E-state index < -0.39 is 0 Å². The lowest BCUT2D eigenvalue weighted by Gasteiger charge is -2.33. The van der Waals surface area contributed by atoms with E-state index in [0.717, 1.165) is 6.42 Å². The number of thiophene rings is 1. The first-order chi connectivity index (χ1) is 13.0. The van der Waals surface area contributed by atoms with Gasteiger partial charge in [0.05, 0.1) is 23.2 Å². The van der Waals surface area contributed by atoms with Crippen LogP contribution in [0.4, 0.5) is 4.79 Å². The Morgan fingerprint density at radius 3 is 2.48 bits per heavy atom. The van der Waals surface area contributed by atoms with Gasteiger partial charge >= 0.3 is 6.09 Å². The van der Waals surface area contributed by atoms with Gasteiger partial charge in [-0.25, -0.2) is 9.78 Å². The summed E-state index contributed by atoms with van der Waals surface area (Å²) in [5.41, 5.74) is 0.595. The highest BCUT2D eigenvalue weighted by Gasteiger charge is 2.28. The number of hydrogen-bond donors (Lipinski definition) is 0. The summed E-state index contributed by atoms with van der Waals surface area (Å²) in [5.74, 6) is -0.111. The predicted octanol–water partition coefficient (Wildman–Crippen LogP) is 2.09. The molecule has 3 heterocycles. The van der Waals surface area contributed by atoms with E-state index in [1.165, 1.54) is 11.3 Å². The summed E-state index contributed by atoms with van der Waals surface area (Å²) in [6.07, 6.45) is 2.05. The van der Waals surface area contributed by atoms with Gasteiger partial charge in [-0.1, -0.05) is 6.92 Å². The van der Waals surface area contributed by atoms with Crippen molar-refractivity contribution in [3.05, 3.63) is 27.1 Å². The van der Waals surface area contributed by atoms with Crippen molar-refractivity contribution in [2.45, 2.75) is 33.7 Å². The summed E-state index contributed by atoms with van der Waals surface area (Å²) in [6.45, 7) is 8.29. The Kier molecular flexibility index (Phi) is 5.79. The molecule has 0 atom stereocenters. The van der Waals surface area contributed by atoms with Crippen molar-refractivity contribution in [2.75, 3.05) is 32.8 Å². The van der Waals surface area contributed by atoms with E-state index in [0.29, 0.717) is 60.0 Å². The monoisotopic (exact) mass is 392 g/mol. The van der Waals surface area contributed by atoms with E-state index in [1.54, 1.807) is 34.5 Å². The molecule has 1 fully saturated rings.